The summed E-state index contributed by atoms with van der Waals surface area (Å²) >= 11 is 1.70. The van der Waals surface area contributed by atoms with Crippen molar-refractivity contribution in [2.24, 2.45) is 0 Å². The lowest BCUT2D eigenvalue weighted by atomic mass is 10.1. The second kappa shape index (κ2) is 5.93. The zero-order valence-electron chi connectivity index (χ0n) is 11.0. The zero-order valence-corrected chi connectivity index (χ0v) is 11.8. The highest BCUT2D eigenvalue weighted by Gasteiger charge is 2.14. The topological polar surface area (TPSA) is 68.0 Å². The molecule has 0 bridgehead atoms. The average Bonchev–Trinajstić information content (AvgIpc) is 2.37. The zero-order chi connectivity index (χ0) is 13.8. The Bertz CT molecular complexity index is 600. The number of aromatic nitrogens is 1. The second-order valence-electron chi connectivity index (χ2n) is 4.44. The molecule has 1 amide bonds. The van der Waals surface area contributed by atoms with Gasteiger partial charge in [-0.15, -0.1) is 0 Å². The molecule has 0 spiro atoms. The molecule has 4 nitrogen and oxygen atoms in total. The Morgan fingerprint density at radius 1 is 1.47 bits per heavy atom. The molecule has 19 heavy (non-hydrogen) atoms. The van der Waals surface area contributed by atoms with Crippen LogP contribution in [0.25, 0.3) is 10.9 Å². The Morgan fingerprint density at radius 2 is 2.21 bits per heavy atom. The number of nitrogens with two attached hydrogens (primary N) is 1. The summed E-state index contributed by atoms with van der Waals surface area (Å²) in [5, 5.41) is 3.80. The number of nitrogens with one attached hydrogen (secondary N) is 1. The van der Waals surface area contributed by atoms with Crippen molar-refractivity contribution in [3.63, 3.8) is 0 Å². The fraction of sp³-hybridized carbons (Fsp3) is 0.286. The molecule has 0 saturated heterocycles. The molecule has 0 saturated carbocycles. The summed E-state index contributed by atoms with van der Waals surface area (Å²) in [6.07, 6.45) is 2.02. The standard InChI is InChI=1S/C14H17N3OS/c1-9(8-19-2)16-14(18)11-7-13(15)17-12-6-4-3-5-10(11)12/h3-7,9H,8H2,1-2H3,(H2,15,17)(H,16,18). The van der Waals surface area contributed by atoms with Gasteiger partial charge in [0, 0.05) is 17.2 Å². The van der Waals surface area contributed by atoms with Crippen LogP contribution >= 0.6 is 11.8 Å². The van der Waals surface area contributed by atoms with Crippen LogP contribution in [-0.2, 0) is 0 Å². The van der Waals surface area contributed by atoms with E-state index in [1.54, 1.807) is 17.8 Å². The highest BCUT2D eigenvalue weighted by atomic mass is 32.2. The lowest BCUT2D eigenvalue weighted by Crippen LogP contribution is -2.34. The molecular weight excluding hydrogens is 258 g/mol. The number of hydrogen-bond acceptors (Lipinski definition) is 4. The van der Waals surface area contributed by atoms with Gasteiger partial charge in [-0.25, -0.2) is 4.98 Å². The number of para-hydroxylation sites is 1. The molecule has 5 heteroatoms. The van der Waals surface area contributed by atoms with Crippen LogP contribution in [0.4, 0.5) is 5.82 Å². The first-order chi connectivity index (χ1) is 9.11. The molecule has 100 valence electrons. The number of nitrogens with zero attached hydrogens (tertiary/aromatic N) is 1. The van der Waals surface area contributed by atoms with Crippen LogP contribution in [0.3, 0.4) is 0 Å². The first kappa shape index (κ1) is 13.7. The highest BCUT2D eigenvalue weighted by molar-refractivity contribution is 7.98. The van der Waals surface area contributed by atoms with E-state index in [1.165, 1.54) is 0 Å². The van der Waals surface area contributed by atoms with Crippen molar-refractivity contribution in [1.82, 2.24) is 10.3 Å². The molecule has 1 heterocycles. The Balaban J connectivity index is 2.36. The summed E-state index contributed by atoms with van der Waals surface area (Å²) in [5.74, 6) is 1.14. The third kappa shape index (κ3) is 3.17. The largest absolute Gasteiger partial charge is 0.384 e. The number of fused-ring (bicyclic) bond motifs is 1. The van der Waals surface area contributed by atoms with Gasteiger partial charge in [0.25, 0.3) is 5.91 Å². The second-order valence-corrected chi connectivity index (χ2v) is 5.35. The maximum Gasteiger partial charge on any atom is 0.252 e. The van der Waals surface area contributed by atoms with E-state index in [9.17, 15) is 4.79 Å². The van der Waals surface area contributed by atoms with Crippen molar-refractivity contribution in [3.05, 3.63) is 35.9 Å². The summed E-state index contributed by atoms with van der Waals surface area (Å²) in [7, 11) is 0. The maximum atomic E-state index is 12.3. The summed E-state index contributed by atoms with van der Waals surface area (Å²) in [4.78, 5) is 16.5. The first-order valence-corrected chi connectivity index (χ1v) is 7.46. The van der Waals surface area contributed by atoms with Gasteiger partial charge in [0.2, 0.25) is 0 Å². The van der Waals surface area contributed by atoms with Gasteiger partial charge in [0.05, 0.1) is 11.1 Å². The minimum atomic E-state index is -0.105. The van der Waals surface area contributed by atoms with Crippen molar-refractivity contribution in [3.8, 4) is 0 Å². The fourth-order valence-electron chi connectivity index (χ4n) is 1.98. The lowest BCUT2D eigenvalue weighted by Gasteiger charge is -2.14. The van der Waals surface area contributed by atoms with E-state index in [-0.39, 0.29) is 11.9 Å². The van der Waals surface area contributed by atoms with Crippen LogP contribution < -0.4 is 11.1 Å². The molecular formula is C14H17N3OS. The van der Waals surface area contributed by atoms with Crippen molar-refractivity contribution in [1.29, 1.82) is 0 Å². The van der Waals surface area contributed by atoms with Crippen LogP contribution in [0.5, 0.6) is 0 Å². The third-order valence-corrected chi connectivity index (χ3v) is 3.61. The van der Waals surface area contributed by atoms with E-state index in [2.05, 4.69) is 10.3 Å². The number of anilines is 1. The molecule has 1 aromatic carbocycles. The smallest absolute Gasteiger partial charge is 0.252 e. The molecule has 1 unspecified atom stereocenters. The van der Waals surface area contributed by atoms with Crippen LogP contribution in [-0.4, -0.2) is 28.9 Å². The number of rotatable bonds is 4. The van der Waals surface area contributed by atoms with Gasteiger partial charge in [0.1, 0.15) is 5.82 Å². The summed E-state index contributed by atoms with van der Waals surface area (Å²) < 4.78 is 0. The van der Waals surface area contributed by atoms with Crippen molar-refractivity contribution < 1.29 is 4.79 Å². The van der Waals surface area contributed by atoms with E-state index in [1.807, 2.05) is 37.4 Å². The molecule has 0 radical (unpaired) electrons. The molecule has 0 aliphatic heterocycles. The Hall–Kier alpha value is -1.75. The van der Waals surface area contributed by atoms with Gasteiger partial charge >= 0.3 is 0 Å². The number of thioether (sulfide) groups is 1. The van der Waals surface area contributed by atoms with E-state index in [0.717, 1.165) is 16.7 Å². The monoisotopic (exact) mass is 275 g/mol. The number of benzene rings is 1. The Kier molecular flexibility index (Phi) is 4.27. The molecule has 2 rings (SSSR count). The summed E-state index contributed by atoms with van der Waals surface area (Å²) in [5.41, 5.74) is 7.08. The van der Waals surface area contributed by atoms with E-state index in [0.29, 0.717) is 11.4 Å². The number of carbonyl (C=O) groups is 1. The van der Waals surface area contributed by atoms with Gasteiger partial charge in [-0.05, 0) is 25.3 Å². The minimum absolute atomic E-state index is 0.105. The first-order valence-electron chi connectivity index (χ1n) is 6.07. The molecule has 1 atom stereocenters. The third-order valence-electron chi connectivity index (χ3n) is 2.77. The Morgan fingerprint density at radius 3 is 2.95 bits per heavy atom. The highest BCUT2D eigenvalue weighted by Crippen LogP contribution is 2.19. The number of hydrogen-bond donors (Lipinski definition) is 2. The SMILES string of the molecule is CSCC(C)NC(=O)c1cc(N)nc2ccccc12. The number of amides is 1. The summed E-state index contributed by atoms with van der Waals surface area (Å²) in [6, 6.07) is 9.26. The number of nitrogen functional groups attached to an aromatic ring is 1. The van der Waals surface area contributed by atoms with Gasteiger partial charge in [0.15, 0.2) is 0 Å². The molecule has 2 aromatic rings. The fourth-order valence-corrected chi connectivity index (χ4v) is 2.56. The molecule has 0 aliphatic rings. The average molecular weight is 275 g/mol. The van der Waals surface area contributed by atoms with Crippen LogP contribution in [0.2, 0.25) is 0 Å². The van der Waals surface area contributed by atoms with Gasteiger partial charge in [-0.3, -0.25) is 4.79 Å². The van der Waals surface area contributed by atoms with Gasteiger partial charge < -0.3 is 11.1 Å². The van der Waals surface area contributed by atoms with Crippen LogP contribution in [0.15, 0.2) is 30.3 Å². The lowest BCUT2D eigenvalue weighted by molar-refractivity contribution is 0.0945. The van der Waals surface area contributed by atoms with Gasteiger partial charge in [-0.2, -0.15) is 11.8 Å². The Labute approximate surface area is 116 Å². The number of pyridine rings is 1. The predicted molar refractivity (Wildman–Crippen MR) is 81.5 cm³/mol. The maximum absolute atomic E-state index is 12.3. The summed E-state index contributed by atoms with van der Waals surface area (Å²) in [6.45, 7) is 1.99. The van der Waals surface area contributed by atoms with Gasteiger partial charge in [-0.1, -0.05) is 18.2 Å². The predicted octanol–water partition coefficient (Wildman–Crippen LogP) is 2.30. The normalized spacial score (nSPS) is 12.3. The molecule has 0 aliphatic carbocycles. The van der Waals surface area contributed by atoms with Crippen LogP contribution in [0.1, 0.15) is 17.3 Å². The number of carbonyl (C=O) groups excluding carboxylic acids is 1. The van der Waals surface area contributed by atoms with Crippen LogP contribution in [0, 0.1) is 0 Å². The van der Waals surface area contributed by atoms with Crippen molar-refractivity contribution in [2.75, 3.05) is 17.7 Å². The van der Waals surface area contributed by atoms with Crippen molar-refractivity contribution in [2.45, 2.75) is 13.0 Å². The van der Waals surface area contributed by atoms with E-state index in [4.69, 9.17) is 5.73 Å². The van der Waals surface area contributed by atoms with Crippen molar-refractivity contribution >= 4 is 34.4 Å². The molecule has 3 N–H and O–H groups in total. The quantitative estimate of drug-likeness (QED) is 0.898. The molecule has 1 aromatic heterocycles. The van der Waals surface area contributed by atoms with E-state index >= 15 is 0 Å². The van der Waals surface area contributed by atoms with E-state index < -0.39 is 0 Å². The molecule has 0 fully saturated rings. The minimum Gasteiger partial charge on any atom is -0.384 e.